The van der Waals surface area contributed by atoms with Crippen LogP contribution in [0.5, 0.6) is 5.75 Å². The predicted octanol–water partition coefficient (Wildman–Crippen LogP) is 2.54. The molecule has 7 heteroatoms. The smallest absolute Gasteiger partial charge is 0.253 e. The van der Waals surface area contributed by atoms with E-state index in [9.17, 15) is 13.2 Å². The van der Waals surface area contributed by atoms with Gasteiger partial charge >= 0.3 is 0 Å². The van der Waals surface area contributed by atoms with Crippen molar-refractivity contribution in [2.75, 3.05) is 32.8 Å². The first-order valence-corrected chi connectivity index (χ1v) is 10.8. The Hall–Kier alpha value is -2.64. The molecule has 0 unspecified atom stereocenters. The molecule has 6 nitrogen and oxygen atoms in total. The maximum atomic E-state index is 12.7. The van der Waals surface area contributed by atoms with Crippen molar-refractivity contribution < 1.29 is 17.9 Å². The maximum absolute atomic E-state index is 12.7. The van der Waals surface area contributed by atoms with Crippen molar-refractivity contribution in [3.05, 3.63) is 78.4 Å². The van der Waals surface area contributed by atoms with Crippen LogP contribution in [0.4, 0.5) is 0 Å². The molecule has 1 fully saturated rings. The third kappa shape index (κ3) is 4.99. The molecule has 0 atom stereocenters. The fourth-order valence-electron chi connectivity index (χ4n) is 3.08. The van der Waals surface area contributed by atoms with Crippen molar-refractivity contribution in [2.45, 2.75) is 5.75 Å². The number of hydrogen-bond acceptors (Lipinski definition) is 4. The van der Waals surface area contributed by atoms with Crippen LogP contribution in [0.3, 0.4) is 0 Å². The molecule has 3 rings (SSSR count). The Morgan fingerprint density at radius 1 is 1.00 bits per heavy atom. The number of nitrogens with zero attached hydrogens (tertiary/aromatic N) is 2. The van der Waals surface area contributed by atoms with Crippen LogP contribution in [0.25, 0.3) is 0 Å². The number of amides is 1. The lowest BCUT2D eigenvalue weighted by atomic mass is 10.2. The molecule has 1 heterocycles. The van der Waals surface area contributed by atoms with Crippen molar-refractivity contribution >= 4 is 15.9 Å². The van der Waals surface area contributed by atoms with E-state index < -0.39 is 10.0 Å². The Morgan fingerprint density at radius 3 is 2.25 bits per heavy atom. The molecule has 0 radical (unpaired) electrons. The van der Waals surface area contributed by atoms with Gasteiger partial charge in [0.25, 0.3) is 5.91 Å². The van der Waals surface area contributed by atoms with Gasteiger partial charge in [0.15, 0.2) is 0 Å². The summed E-state index contributed by atoms with van der Waals surface area (Å²) in [4.78, 5) is 14.4. The van der Waals surface area contributed by atoms with Crippen LogP contribution in [0.1, 0.15) is 15.9 Å². The number of sulfonamides is 1. The van der Waals surface area contributed by atoms with E-state index in [2.05, 4.69) is 6.58 Å². The van der Waals surface area contributed by atoms with E-state index in [4.69, 9.17) is 4.74 Å². The van der Waals surface area contributed by atoms with E-state index in [0.717, 1.165) is 5.56 Å². The molecule has 1 aliphatic rings. The Bertz CT molecular complexity index is 903. The minimum Gasteiger partial charge on any atom is -0.490 e. The second kappa shape index (κ2) is 9.03. The van der Waals surface area contributed by atoms with Gasteiger partial charge in [-0.05, 0) is 29.8 Å². The van der Waals surface area contributed by atoms with Crippen LogP contribution in [-0.2, 0) is 15.8 Å². The molecule has 28 heavy (non-hydrogen) atoms. The molecule has 0 spiro atoms. The largest absolute Gasteiger partial charge is 0.490 e. The molecule has 1 saturated heterocycles. The average molecular weight is 401 g/mol. The van der Waals surface area contributed by atoms with E-state index in [-0.39, 0.29) is 11.7 Å². The number of hydrogen-bond donors (Lipinski definition) is 0. The summed E-state index contributed by atoms with van der Waals surface area (Å²) in [7, 11) is -3.39. The Morgan fingerprint density at radius 2 is 1.64 bits per heavy atom. The van der Waals surface area contributed by atoms with Gasteiger partial charge in [-0.15, -0.1) is 0 Å². The highest BCUT2D eigenvalue weighted by Crippen LogP contribution is 2.17. The minimum absolute atomic E-state index is 0.0199. The van der Waals surface area contributed by atoms with Gasteiger partial charge in [-0.2, -0.15) is 4.31 Å². The highest BCUT2D eigenvalue weighted by atomic mass is 32.2. The summed E-state index contributed by atoms with van der Waals surface area (Å²) in [6.45, 7) is 5.37. The summed E-state index contributed by atoms with van der Waals surface area (Å²) in [5.41, 5.74) is 1.33. The maximum Gasteiger partial charge on any atom is 0.253 e. The van der Waals surface area contributed by atoms with E-state index in [1.165, 1.54) is 4.31 Å². The van der Waals surface area contributed by atoms with Gasteiger partial charge in [0.2, 0.25) is 10.0 Å². The van der Waals surface area contributed by atoms with Gasteiger partial charge in [-0.1, -0.05) is 43.0 Å². The van der Waals surface area contributed by atoms with Gasteiger partial charge in [-0.25, -0.2) is 8.42 Å². The van der Waals surface area contributed by atoms with Crippen LogP contribution >= 0.6 is 0 Å². The summed E-state index contributed by atoms with van der Waals surface area (Å²) in [5, 5.41) is 0. The van der Waals surface area contributed by atoms with E-state index in [1.54, 1.807) is 47.4 Å². The number of rotatable bonds is 7. The fraction of sp³-hybridized carbons (Fsp3) is 0.286. The highest BCUT2D eigenvalue weighted by Gasteiger charge is 2.29. The van der Waals surface area contributed by atoms with Gasteiger partial charge in [0.05, 0.1) is 5.75 Å². The number of piperazine rings is 1. The SMILES string of the molecule is C=CCOc1ccc(C(=O)N2CCN(S(=O)(=O)Cc3ccccc3)CC2)cc1. The van der Waals surface area contributed by atoms with E-state index in [1.807, 2.05) is 18.2 Å². The molecule has 0 aromatic heterocycles. The molecule has 0 saturated carbocycles. The Labute approximate surface area is 166 Å². The average Bonchev–Trinajstić information content (AvgIpc) is 2.72. The lowest BCUT2D eigenvalue weighted by molar-refractivity contribution is 0.0697. The number of benzene rings is 2. The van der Waals surface area contributed by atoms with Crippen molar-refractivity contribution in [1.29, 1.82) is 0 Å². The molecular weight excluding hydrogens is 376 g/mol. The molecule has 1 aliphatic heterocycles. The monoisotopic (exact) mass is 400 g/mol. The minimum atomic E-state index is -3.39. The standard InChI is InChI=1S/C21H24N2O4S/c1-2-16-27-20-10-8-19(9-11-20)21(24)22-12-14-23(15-13-22)28(25,26)17-18-6-4-3-5-7-18/h2-11H,1,12-17H2. The summed E-state index contributed by atoms with van der Waals surface area (Å²) in [5.74, 6) is 0.553. The lowest BCUT2D eigenvalue weighted by Gasteiger charge is -2.34. The summed E-state index contributed by atoms with van der Waals surface area (Å²) in [6, 6.07) is 16.1. The van der Waals surface area contributed by atoms with Crippen molar-refractivity contribution in [1.82, 2.24) is 9.21 Å². The van der Waals surface area contributed by atoms with Crippen molar-refractivity contribution in [3.8, 4) is 5.75 Å². The molecule has 148 valence electrons. The first-order chi connectivity index (χ1) is 13.5. The summed E-state index contributed by atoms with van der Waals surface area (Å²) < 4.78 is 32.1. The van der Waals surface area contributed by atoms with Crippen molar-refractivity contribution in [2.24, 2.45) is 0 Å². The number of carbonyl (C=O) groups excluding carboxylic acids is 1. The second-order valence-corrected chi connectivity index (χ2v) is 8.53. The fourth-order valence-corrected chi connectivity index (χ4v) is 4.59. The molecule has 2 aromatic carbocycles. The Balaban J connectivity index is 1.57. The van der Waals surface area contributed by atoms with Gasteiger partial charge < -0.3 is 9.64 Å². The van der Waals surface area contributed by atoms with Crippen LogP contribution < -0.4 is 4.74 Å². The predicted molar refractivity (Wildman–Crippen MR) is 109 cm³/mol. The summed E-state index contributed by atoms with van der Waals surface area (Å²) >= 11 is 0. The first kappa shape index (κ1) is 20.1. The zero-order chi connectivity index (χ0) is 20.0. The zero-order valence-corrected chi connectivity index (χ0v) is 16.5. The lowest BCUT2D eigenvalue weighted by Crippen LogP contribution is -2.50. The van der Waals surface area contributed by atoms with Crippen LogP contribution in [0, 0.1) is 0 Å². The highest BCUT2D eigenvalue weighted by molar-refractivity contribution is 7.88. The normalized spacial score (nSPS) is 15.2. The van der Waals surface area contributed by atoms with Gasteiger partial charge in [-0.3, -0.25) is 4.79 Å². The topological polar surface area (TPSA) is 66.9 Å². The first-order valence-electron chi connectivity index (χ1n) is 9.14. The van der Waals surface area contributed by atoms with Crippen LogP contribution in [0.15, 0.2) is 67.3 Å². The molecule has 0 aliphatic carbocycles. The quantitative estimate of drug-likeness (QED) is 0.670. The molecule has 0 N–H and O–H groups in total. The number of carbonyl (C=O) groups is 1. The van der Waals surface area contributed by atoms with Crippen molar-refractivity contribution in [3.63, 3.8) is 0 Å². The third-order valence-corrected chi connectivity index (χ3v) is 6.43. The molecule has 2 aromatic rings. The molecule has 1 amide bonds. The van der Waals surface area contributed by atoms with E-state index >= 15 is 0 Å². The van der Waals surface area contributed by atoms with Gasteiger partial charge in [0, 0.05) is 31.7 Å². The zero-order valence-electron chi connectivity index (χ0n) is 15.7. The van der Waals surface area contributed by atoms with E-state index in [0.29, 0.717) is 44.1 Å². The summed E-state index contributed by atoms with van der Waals surface area (Å²) in [6.07, 6.45) is 1.66. The van der Waals surface area contributed by atoms with Gasteiger partial charge in [0.1, 0.15) is 12.4 Å². The Kier molecular flexibility index (Phi) is 6.49. The van der Waals surface area contributed by atoms with Crippen LogP contribution in [-0.4, -0.2) is 56.3 Å². The second-order valence-electron chi connectivity index (χ2n) is 6.56. The molecular formula is C21H24N2O4S. The third-order valence-electron chi connectivity index (χ3n) is 4.58. The van der Waals surface area contributed by atoms with Crippen LogP contribution in [0.2, 0.25) is 0 Å². The molecule has 0 bridgehead atoms. The number of ether oxygens (including phenoxy) is 1.